The monoisotopic (exact) mass is 619 g/mol. The summed E-state index contributed by atoms with van der Waals surface area (Å²) in [4.78, 5) is 59.7. The van der Waals surface area contributed by atoms with Crippen LogP contribution < -0.4 is 10.6 Å². The van der Waals surface area contributed by atoms with E-state index >= 15 is 0 Å². The van der Waals surface area contributed by atoms with Gasteiger partial charge in [-0.05, 0) is 38.8 Å². The van der Waals surface area contributed by atoms with Crippen molar-refractivity contribution in [3.05, 3.63) is 30.3 Å². The zero-order valence-electron chi connectivity index (χ0n) is 23.6. The van der Waals surface area contributed by atoms with Gasteiger partial charge in [-0.3, -0.25) is 18.9 Å². The molecule has 0 saturated carbocycles. The third kappa shape index (κ3) is 8.99. The average molecular weight is 620 g/mol. The second-order valence-electron chi connectivity index (χ2n) is 10.3. The van der Waals surface area contributed by atoms with Crippen molar-refractivity contribution in [3.8, 4) is 0 Å². The molecule has 0 aromatic heterocycles. The molecule has 1 aliphatic heterocycles. The number of amides is 2. The second kappa shape index (κ2) is 13.8. The van der Waals surface area contributed by atoms with Crippen LogP contribution in [0, 0.1) is 11.3 Å². The lowest BCUT2D eigenvalue weighted by molar-refractivity contribution is -0.168. The summed E-state index contributed by atoms with van der Waals surface area (Å²) in [6.45, 7) is 6.59. The van der Waals surface area contributed by atoms with Crippen LogP contribution in [0.5, 0.6) is 0 Å². The van der Waals surface area contributed by atoms with E-state index in [4.69, 9.17) is 9.47 Å². The Hall–Kier alpha value is -3.00. The second-order valence-corrected chi connectivity index (χ2v) is 14.9. The fraction of sp³-hybridized carbons (Fsp3) is 0.600. The Bertz CT molecular complexity index is 1260. The van der Waals surface area contributed by atoms with Gasteiger partial charge >= 0.3 is 18.0 Å². The fourth-order valence-corrected chi connectivity index (χ4v) is 7.49. The van der Waals surface area contributed by atoms with E-state index in [0.717, 1.165) is 4.31 Å². The average Bonchev–Trinajstić information content (AvgIpc) is 2.88. The van der Waals surface area contributed by atoms with Gasteiger partial charge in [-0.25, -0.2) is 13.2 Å². The van der Waals surface area contributed by atoms with Crippen molar-refractivity contribution >= 4 is 41.3 Å². The molecule has 41 heavy (non-hydrogen) atoms. The molecule has 4 atom stereocenters. The highest BCUT2D eigenvalue weighted by atomic mass is 32.2. The molecule has 0 aliphatic carbocycles. The highest BCUT2D eigenvalue weighted by Gasteiger charge is 2.49. The van der Waals surface area contributed by atoms with Gasteiger partial charge in [0.05, 0.1) is 16.2 Å². The smallest absolute Gasteiger partial charge is 0.410 e. The maximum atomic E-state index is 13.5. The summed E-state index contributed by atoms with van der Waals surface area (Å²) >= 11 is 0. The van der Waals surface area contributed by atoms with Gasteiger partial charge in [-0.1, -0.05) is 32.0 Å². The lowest BCUT2D eigenvalue weighted by Crippen LogP contribution is -2.54. The van der Waals surface area contributed by atoms with Gasteiger partial charge in [0.2, 0.25) is 29.6 Å². The first-order valence-corrected chi connectivity index (χ1v) is 16.3. The number of benzene rings is 1. The molecule has 2 rings (SSSR count). The van der Waals surface area contributed by atoms with E-state index in [1.165, 1.54) is 32.9 Å². The Morgan fingerprint density at radius 3 is 2.07 bits per heavy atom. The molecule has 2 amide bonds. The number of hydrogen-bond acceptors (Lipinski definition) is 9. The molecule has 0 bridgehead atoms. The minimum atomic E-state index is -4.39. The highest BCUT2D eigenvalue weighted by Crippen LogP contribution is 2.53. The van der Waals surface area contributed by atoms with Crippen LogP contribution in [0.2, 0.25) is 0 Å². The summed E-state index contributed by atoms with van der Waals surface area (Å²) in [5.41, 5.74) is -1.61. The van der Waals surface area contributed by atoms with Crippen molar-refractivity contribution in [3.63, 3.8) is 0 Å². The molecule has 4 N–H and O–H groups in total. The number of nitrogens with one attached hydrogen (secondary N) is 2. The fourth-order valence-electron chi connectivity index (χ4n) is 4.12. The number of carbonyl (C=O) groups is 4. The number of alkyl carbamates (subject to hydrolysis) is 1. The molecule has 230 valence electrons. The Balaban J connectivity index is 2.21. The quantitative estimate of drug-likeness (QED) is 0.151. The predicted molar refractivity (Wildman–Crippen MR) is 146 cm³/mol. The van der Waals surface area contributed by atoms with Gasteiger partial charge in [0, 0.05) is 26.2 Å². The molecule has 14 nitrogen and oxygen atoms in total. The summed E-state index contributed by atoms with van der Waals surface area (Å²) in [6.07, 6.45) is -3.45. The molecular weight excluding hydrogens is 581 g/mol. The first kappa shape index (κ1) is 34.2. The number of aliphatic carboxylic acids is 1. The zero-order valence-corrected chi connectivity index (χ0v) is 25.3. The lowest BCUT2D eigenvalue weighted by atomic mass is 9.79. The number of rotatable bonds is 12. The number of hydrogen-bond donors (Lipinski definition) is 4. The summed E-state index contributed by atoms with van der Waals surface area (Å²) < 4.78 is 50.7. The normalized spacial score (nSPS) is 19.2. The van der Waals surface area contributed by atoms with E-state index < -0.39 is 76.9 Å². The summed E-state index contributed by atoms with van der Waals surface area (Å²) in [5.74, 6) is -4.65. The molecule has 1 saturated heterocycles. The number of esters is 1. The number of ether oxygens (including phenoxy) is 2. The Labute approximate surface area is 239 Å². The molecule has 1 fully saturated rings. The van der Waals surface area contributed by atoms with Gasteiger partial charge < -0.3 is 30.1 Å². The molecule has 1 aliphatic rings. The van der Waals surface area contributed by atoms with Gasteiger partial charge in [0.25, 0.3) is 0 Å². The van der Waals surface area contributed by atoms with Crippen molar-refractivity contribution < 1.29 is 51.6 Å². The largest absolute Gasteiger partial charge is 0.480 e. The lowest BCUT2D eigenvalue weighted by Gasteiger charge is -2.41. The highest BCUT2D eigenvalue weighted by molar-refractivity contribution is 7.89. The van der Waals surface area contributed by atoms with Crippen LogP contribution in [0.25, 0.3) is 0 Å². The maximum absolute atomic E-state index is 13.5. The van der Waals surface area contributed by atoms with Crippen LogP contribution in [0.4, 0.5) is 4.79 Å². The molecule has 1 aromatic rings. The number of carboxylic acid groups (broad SMARTS) is 1. The first-order valence-electron chi connectivity index (χ1n) is 13.0. The maximum Gasteiger partial charge on any atom is 0.410 e. The molecule has 16 heteroatoms. The molecule has 0 radical (unpaired) electrons. The van der Waals surface area contributed by atoms with E-state index in [2.05, 4.69) is 10.6 Å². The predicted octanol–water partition coefficient (Wildman–Crippen LogP) is 1.93. The number of carbonyl (C=O) groups excluding carboxylic acids is 3. The molecule has 1 aromatic carbocycles. The van der Waals surface area contributed by atoms with Crippen LogP contribution in [-0.2, 0) is 38.4 Å². The molecule has 1 heterocycles. The van der Waals surface area contributed by atoms with E-state index in [1.54, 1.807) is 32.0 Å². The summed E-state index contributed by atoms with van der Waals surface area (Å²) in [7, 11) is -8.30. The van der Waals surface area contributed by atoms with Crippen LogP contribution in [-0.4, -0.2) is 84.0 Å². The molecule has 0 spiro atoms. The van der Waals surface area contributed by atoms with Gasteiger partial charge in [-0.15, -0.1) is 0 Å². The van der Waals surface area contributed by atoms with Crippen LogP contribution in [0.3, 0.4) is 0 Å². The van der Waals surface area contributed by atoms with Crippen molar-refractivity contribution in [2.45, 2.75) is 70.5 Å². The van der Waals surface area contributed by atoms with Crippen LogP contribution in [0.15, 0.2) is 35.2 Å². The van der Waals surface area contributed by atoms with Crippen molar-refractivity contribution in [2.24, 2.45) is 11.3 Å². The van der Waals surface area contributed by atoms with Crippen molar-refractivity contribution in [1.82, 2.24) is 14.9 Å². The van der Waals surface area contributed by atoms with E-state index in [0.29, 0.717) is 0 Å². The SMILES string of the molecule is CC(OC(=O)NC(C)P(=O)(O)CC1(C(=O)NC(C)C(=O)O)CCN(S(=O)(=O)c2ccccc2)CC1)OC(=O)C(C)C. The Morgan fingerprint density at radius 1 is 1.00 bits per heavy atom. The van der Waals surface area contributed by atoms with Gasteiger partial charge in [0.1, 0.15) is 11.8 Å². The first-order chi connectivity index (χ1) is 18.9. The standard InChI is InChI=1S/C25H38N3O11PS/c1-16(2)22(31)38-19(5)39-24(33)27-18(4)40(34,35)15-25(23(32)26-17(3)21(29)30)11-13-28(14-12-25)41(36,37)20-9-7-6-8-10-20/h6-10,16-19H,11-15H2,1-5H3,(H,26,32)(H,27,33)(H,29,30)(H,34,35). The number of piperidine rings is 1. The van der Waals surface area contributed by atoms with E-state index in [1.807, 2.05) is 0 Å². The van der Waals surface area contributed by atoms with Gasteiger partial charge in [-0.2, -0.15) is 4.31 Å². The number of sulfonamides is 1. The third-order valence-electron chi connectivity index (χ3n) is 6.75. The van der Waals surface area contributed by atoms with Crippen LogP contribution in [0.1, 0.15) is 47.5 Å². The van der Waals surface area contributed by atoms with Crippen LogP contribution >= 0.6 is 7.37 Å². The molecular formula is C25H38N3O11PS. The topological polar surface area (TPSA) is 206 Å². The van der Waals surface area contributed by atoms with Crippen molar-refractivity contribution in [1.29, 1.82) is 0 Å². The minimum absolute atomic E-state index is 0.0499. The van der Waals surface area contributed by atoms with Crippen molar-refractivity contribution in [2.75, 3.05) is 19.3 Å². The Kier molecular flexibility index (Phi) is 11.5. The third-order valence-corrected chi connectivity index (χ3v) is 11.1. The minimum Gasteiger partial charge on any atom is -0.480 e. The van der Waals surface area contributed by atoms with E-state index in [-0.39, 0.29) is 30.8 Å². The number of carboxylic acids is 1. The Morgan fingerprint density at radius 2 is 1.56 bits per heavy atom. The van der Waals surface area contributed by atoms with E-state index in [9.17, 15) is 42.2 Å². The zero-order chi connectivity index (χ0) is 31.2. The number of nitrogens with zero attached hydrogens (tertiary/aromatic N) is 1. The summed E-state index contributed by atoms with van der Waals surface area (Å²) in [6, 6.07) is 6.34. The summed E-state index contributed by atoms with van der Waals surface area (Å²) in [5, 5.41) is 13.8. The van der Waals surface area contributed by atoms with Gasteiger partial charge in [0.15, 0.2) is 0 Å². The molecule has 4 unspecified atom stereocenters.